The monoisotopic (exact) mass is 952 g/mol. The summed E-state index contributed by atoms with van der Waals surface area (Å²) < 4.78 is 72.0. The van der Waals surface area contributed by atoms with E-state index >= 15 is 0 Å². The number of rotatable bonds is 11. The van der Waals surface area contributed by atoms with Gasteiger partial charge in [-0.1, -0.05) is 53.5 Å². The maximum absolute atomic E-state index is 14.3. The molecule has 0 bridgehead atoms. The molecule has 0 spiro atoms. The van der Waals surface area contributed by atoms with Crippen molar-refractivity contribution in [2.75, 3.05) is 81.6 Å². The molecule has 6 heterocycles. The van der Waals surface area contributed by atoms with Gasteiger partial charge < -0.3 is 50.8 Å². The summed E-state index contributed by atoms with van der Waals surface area (Å²) in [6, 6.07) is 20.8. The third-order valence-electron chi connectivity index (χ3n) is 9.75. The summed E-state index contributed by atoms with van der Waals surface area (Å²) in [5.74, 6) is 0.843. The van der Waals surface area contributed by atoms with Crippen LogP contribution in [0.2, 0.25) is 10.3 Å². The van der Waals surface area contributed by atoms with Gasteiger partial charge in [-0.25, -0.2) is 29.3 Å². The Hall–Kier alpha value is -5.84. The minimum Gasteiger partial charge on any atom is -0.481 e. The number of halogens is 6. The Morgan fingerprint density at radius 2 is 1.17 bits per heavy atom. The van der Waals surface area contributed by atoms with Gasteiger partial charge in [0.2, 0.25) is 5.95 Å². The first-order chi connectivity index (χ1) is 32.0. The van der Waals surface area contributed by atoms with Crippen LogP contribution in [0.5, 0.6) is 5.75 Å². The maximum Gasteiger partial charge on any atom is 0.422 e. The van der Waals surface area contributed by atoms with Crippen LogP contribution < -0.4 is 36.6 Å². The Labute approximate surface area is 387 Å². The highest BCUT2D eigenvalue weighted by atomic mass is 35.5. The Morgan fingerprint density at radius 1 is 0.606 bits per heavy atom. The molecule has 3 aromatic carbocycles. The smallest absolute Gasteiger partial charge is 0.422 e. The Morgan fingerprint density at radius 3 is 1.67 bits per heavy atom. The highest BCUT2D eigenvalue weighted by Gasteiger charge is 2.28. The van der Waals surface area contributed by atoms with Crippen molar-refractivity contribution < 1.29 is 36.5 Å². The van der Waals surface area contributed by atoms with Gasteiger partial charge in [-0.3, -0.25) is 4.98 Å². The number of ether oxygens (including phenoxy) is 4. The molecular formula is C44H46Cl2F4N12O4. The van der Waals surface area contributed by atoms with E-state index < -0.39 is 18.6 Å². The summed E-state index contributed by atoms with van der Waals surface area (Å²) >= 11 is 11.5. The van der Waals surface area contributed by atoms with E-state index in [4.69, 9.17) is 37.4 Å². The number of alkyl halides is 3. The van der Waals surface area contributed by atoms with Crippen molar-refractivity contribution >= 4 is 57.8 Å². The summed E-state index contributed by atoms with van der Waals surface area (Å²) in [6.07, 6.45) is 3.94. The largest absolute Gasteiger partial charge is 0.481 e. The van der Waals surface area contributed by atoms with Crippen molar-refractivity contribution in [3.8, 4) is 5.75 Å². The number of benzene rings is 3. The van der Waals surface area contributed by atoms with Gasteiger partial charge >= 0.3 is 6.18 Å². The predicted molar refractivity (Wildman–Crippen MR) is 241 cm³/mol. The van der Waals surface area contributed by atoms with Crippen molar-refractivity contribution in [1.29, 1.82) is 0 Å². The van der Waals surface area contributed by atoms with E-state index in [1.165, 1.54) is 29.6 Å². The minimum absolute atomic E-state index is 0.104. The number of hydrogen-bond acceptors (Lipinski definition) is 16. The molecule has 3 aliphatic heterocycles. The van der Waals surface area contributed by atoms with Crippen LogP contribution in [0, 0.1) is 5.82 Å². The van der Waals surface area contributed by atoms with Crippen LogP contribution in [0.15, 0.2) is 104 Å². The quantitative estimate of drug-likeness (QED) is 0.0685. The summed E-state index contributed by atoms with van der Waals surface area (Å²) in [5, 5.41) is 19.6. The predicted octanol–water partition coefficient (Wildman–Crippen LogP) is 8.03. The molecule has 3 fully saturated rings. The van der Waals surface area contributed by atoms with Gasteiger partial charge in [0.15, 0.2) is 18.2 Å². The zero-order valence-electron chi connectivity index (χ0n) is 35.2. The topological polar surface area (TPSA) is 186 Å². The fraction of sp³-hybridized carbons (Fsp3) is 0.318. The number of morpholine rings is 3. The third-order valence-corrected chi connectivity index (χ3v) is 10.1. The van der Waals surface area contributed by atoms with Crippen molar-refractivity contribution in [1.82, 2.24) is 45.9 Å². The van der Waals surface area contributed by atoms with E-state index in [2.05, 4.69) is 90.8 Å². The second-order valence-electron chi connectivity index (χ2n) is 14.6. The standard InChI is InChI=1S/C16H16F4N4O2.2C14H15ClN4O/c17-13-5-10(1-2-12(13)14-8-21-3-4-25-14)24-15-22-6-11(7-23-15)26-9-16(18,19)20;15-13-8-18-14(9-17-13)19-11-3-1-10(2-4-11)12-7-16-5-6-20-12;15-13-8-17-9-14(19-13)18-11-3-1-10(2-4-11)12-7-16-5-6-20-12/h1-2,5-7,14,21H,3-4,8-9H2,(H,22,23,24);2*1-4,8-9,12,16H,5-7H2,(H,18,19)/t14-;2*12-/m000/s1. The van der Waals surface area contributed by atoms with Crippen LogP contribution in [0.4, 0.5) is 52.2 Å². The van der Waals surface area contributed by atoms with E-state index in [-0.39, 0.29) is 30.0 Å². The zero-order chi connectivity index (χ0) is 46.1. The molecule has 348 valence electrons. The van der Waals surface area contributed by atoms with E-state index in [0.717, 1.165) is 69.7 Å². The lowest BCUT2D eigenvalue weighted by molar-refractivity contribution is -0.153. The molecule has 0 unspecified atom stereocenters. The van der Waals surface area contributed by atoms with Gasteiger partial charge in [-0.05, 0) is 47.5 Å². The maximum atomic E-state index is 14.3. The highest BCUT2D eigenvalue weighted by molar-refractivity contribution is 6.29. The molecule has 3 saturated heterocycles. The van der Waals surface area contributed by atoms with Gasteiger partial charge in [0.25, 0.3) is 0 Å². The van der Waals surface area contributed by atoms with Gasteiger partial charge in [0, 0.05) is 61.9 Å². The van der Waals surface area contributed by atoms with Crippen molar-refractivity contribution in [3.63, 3.8) is 0 Å². The van der Waals surface area contributed by atoms with Gasteiger partial charge in [-0.2, -0.15) is 13.2 Å². The molecule has 3 aromatic heterocycles. The lowest BCUT2D eigenvalue weighted by Gasteiger charge is -2.24. The Bertz CT molecular complexity index is 2400. The van der Waals surface area contributed by atoms with Crippen molar-refractivity contribution in [3.05, 3.63) is 137 Å². The van der Waals surface area contributed by atoms with E-state index in [1.54, 1.807) is 24.5 Å². The average Bonchev–Trinajstić information content (AvgIpc) is 3.34. The molecule has 3 atom stereocenters. The molecule has 6 aromatic rings. The molecule has 6 N–H and O–H groups in total. The van der Waals surface area contributed by atoms with E-state index in [9.17, 15) is 17.6 Å². The molecule has 0 amide bonds. The summed E-state index contributed by atoms with van der Waals surface area (Å²) in [5.41, 5.74) is 5.08. The number of nitrogens with one attached hydrogen (secondary N) is 6. The molecule has 22 heteroatoms. The van der Waals surface area contributed by atoms with Gasteiger partial charge in [0.1, 0.15) is 21.9 Å². The average molecular weight is 954 g/mol. The van der Waals surface area contributed by atoms with Crippen LogP contribution in [0.3, 0.4) is 0 Å². The summed E-state index contributed by atoms with van der Waals surface area (Å²) in [6.45, 7) is 5.42. The Kier molecular flexibility index (Phi) is 17.6. The van der Waals surface area contributed by atoms with E-state index in [0.29, 0.717) is 46.3 Å². The second kappa shape index (κ2) is 24.1. The Balaban J connectivity index is 0.000000149. The zero-order valence-corrected chi connectivity index (χ0v) is 36.7. The summed E-state index contributed by atoms with van der Waals surface area (Å²) in [4.78, 5) is 23.9. The fourth-order valence-corrected chi connectivity index (χ4v) is 6.82. The van der Waals surface area contributed by atoms with Gasteiger partial charge in [0.05, 0.1) is 75.3 Å². The normalized spacial score (nSPS) is 18.4. The lowest BCUT2D eigenvalue weighted by atomic mass is 10.1. The van der Waals surface area contributed by atoms with Crippen LogP contribution in [0.25, 0.3) is 0 Å². The highest BCUT2D eigenvalue weighted by Crippen LogP contribution is 2.27. The number of nitrogens with zero attached hydrogens (tertiary/aromatic N) is 6. The van der Waals surface area contributed by atoms with Crippen LogP contribution in [-0.4, -0.2) is 102 Å². The van der Waals surface area contributed by atoms with Crippen molar-refractivity contribution in [2.24, 2.45) is 0 Å². The molecule has 0 radical (unpaired) electrons. The summed E-state index contributed by atoms with van der Waals surface area (Å²) in [7, 11) is 0. The van der Waals surface area contributed by atoms with E-state index in [1.807, 2.05) is 24.3 Å². The molecule has 0 saturated carbocycles. The molecule has 9 rings (SSSR count). The molecule has 66 heavy (non-hydrogen) atoms. The number of aromatic nitrogens is 6. The number of anilines is 6. The van der Waals surface area contributed by atoms with Crippen LogP contribution in [-0.2, 0) is 14.2 Å². The first kappa shape index (κ1) is 48.1. The second-order valence-corrected chi connectivity index (χ2v) is 15.4. The molecular weight excluding hydrogens is 907 g/mol. The van der Waals surface area contributed by atoms with Crippen LogP contribution in [0.1, 0.15) is 35.0 Å². The number of hydrogen-bond donors (Lipinski definition) is 6. The van der Waals surface area contributed by atoms with Crippen molar-refractivity contribution in [2.45, 2.75) is 24.5 Å². The SMILES string of the molecule is Clc1cnc(Nc2ccc([C@@H]3CNCCO3)cc2)cn1.Clc1cncc(Nc2ccc([C@@H]3CNCCO3)cc2)n1.Fc1cc(Nc2ncc(OCC(F)(F)F)cn2)ccc1[C@@H]1CNCCO1. The third kappa shape index (κ3) is 15.4. The van der Waals surface area contributed by atoms with Crippen LogP contribution >= 0.6 is 23.2 Å². The fourth-order valence-electron chi connectivity index (χ4n) is 6.58. The molecule has 3 aliphatic rings. The molecule has 0 aliphatic carbocycles. The minimum atomic E-state index is -4.44. The first-order valence-corrected chi connectivity index (χ1v) is 21.5. The van der Waals surface area contributed by atoms with Gasteiger partial charge in [-0.15, -0.1) is 0 Å². The lowest BCUT2D eigenvalue weighted by Crippen LogP contribution is -2.33. The first-order valence-electron chi connectivity index (χ1n) is 20.8. The molecule has 16 nitrogen and oxygen atoms in total.